The minimum atomic E-state index is -0.182. The summed E-state index contributed by atoms with van der Waals surface area (Å²) in [4.78, 5) is 5.20. The minimum Gasteiger partial charge on any atom is -0.487 e. The van der Waals surface area contributed by atoms with E-state index >= 15 is 0 Å². The van der Waals surface area contributed by atoms with E-state index in [2.05, 4.69) is 184 Å². The number of rotatable bonds is 6. The monoisotopic (exact) mass is 702 g/mol. The van der Waals surface area contributed by atoms with E-state index in [1.54, 1.807) is 0 Å². The summed E-state index contributed by atoms with van der Waals surface area (Å²) >= 11 is 0. The van der Waals surface area contributed by atoms with Gasteiger partial charge in [-0.1, -0.05) is 89.2 Å². The maximum Gasteiger partial charge on any atom is 0.255 e. The van der Waals surface area contributed by atoms with Crippen molar-refractivity contribution < 1.29 is 9.30 Å². The predicted octanol–water partition coefficient (Wildman–Crippen LogP) is 11.7. The van der Waals surface area contributed by atoms with Crippen LogP contribution in [0.2, 0.25) is 0 Å². The van der Waals surface area contributed by atoms with E-state index in [1.807, 2.05) is 0 Å². The highest BCUT2D eigenvalue weighted by molar-refractivity contribution is 5.94. The lowest BCUT2D eigenvalue weighted by molar-refractivity contribution is -0.645. The molecule has 0 atom stereocenters. The van der Waals surface area contributed by atoms with Gasteiger partial charge >= 0.3 is 0 Å². The van der Waals surface area contributed by atoms with Crippen LogP contribution in [0.3, 0.4) is 0 Å². The number of pyridine rings is 1. The van der Waals surface area contributed by atoms with E-state index in [1.165, 1.54) is 55.5 Å². The van der Waals surface area contributed by atoms with Gasteiger partial charge in [-0.15, -0.1) is 0 Å². The van der Waals surface area contributed by atoms with Crippen LogP contribution in [0.4, 0.5) is 0 Å². The molecule has 0 radical (unpaired) electrons. The van der Waals surface area contributed by atoms with Crippen LogP contribution in [-0.4, -0.2) is 16.2 Å². The fourth-order valence-electron chi connectivity index (χ4n) is 9.34. The standard InChI is InChI=1S/C50H44N3O/c1-7-26-54-47-35(22-19-31-14-13-25-52(6)46(31)47)32-20-23-36-38-29-43-39(30-42(38)49(2,3)40(36)27-32)37-24-21-33(28-41(37)50(43,4)5)48-51-44-17-11-12-18-45(44)53(48)34-15-9-8-10-16-34/h8-25,27-30H,7,26H2,1-6H3/q+1. The van der Waals surface area contributed by atoms with Crippen molar-refractivity contribution >= 4 is 21.9 Å². The molecule has 4 nitrogen and oxygen atoms in total. The lowest BCUT2D eigenvalue weighted by Gasteiger charge is -2.24. The van der Waals surface area contributed by atoms with Crippen molar-refractivity contribution in [3.63, 3.8) is 0 Å². The van der Waals surface area contributed by atoms with Gasteiger partial charge in [-0.05, 0) is 123 Å². The number of ether oxygens (including phenoxy) is 1. The van der Waals surface area contributed by atoms with E-state index in [4.69, 9.17) is 9.72 Å². The molecule has 4 heteroatoms. The molecular weight excluding hydrogens is 659 g/mol. The Morgan fingerprint density at radius 1 is 0.611 bits per heavy atom. The number of aromatic nitrogens is 3. The predicted molar refractivity (Wildman–Crippen MR) is 222 cm³/mol. The molecule has 2 aliphatic carbocycles. The Labute approximate surface area is 317 Å². The molecule has 54 heavy (non-hydrogen) atoms. The molecule has 0 saturated heterocycles. The SMILES string of the molecule is CCCOc1c(-c2ccc3c(c2)C(C)(C)c2cc4c(cc2-3)C(C)(C)c2cc(-c3nc5ccccc5n3-c3ccccc3)ccc2-4)ccc2ccc[n+](C)c12. The number of hydrogen-bond donors (Lipinski definition) is 0. The van der Waals surface area contributed by atoms with Crippen molar-refractivity contribution in [3.8, 4) is 56.2 Å². The molecule has 264 valence electrons. The fraction of sp³-hybridized carbons (Fsp3) is 0.200. The molecular formula is C50H44N3O+. The quantitative estimate of drug-likeness (QED) is 0.162. The summed E-state index contributed by atoms with van der Waals surface area (Å²) in [6.45, 7) is 12.4. The smallest absolute Gasteiger partial charge is 0.255 e. The largest absolute Gasteiger partial charge is 0.487 e. The number of fused-ring (bicyclic) bond motifs is 8. The molecule has 0 aliphatic heterocycles. The molecule has 0 fully saturated rings. The topological polar surface area (TPSA) is 30.9 Å². The third kappa shape index (κ3) is 4.62. The van der Waals surface area contributed by atoms with Gasteiger partial charge in [-0.25, -0.2) is 4.98 Å². The molecule has 0 saturated carbocycles. The number of para-hydroxylation sites is 3. The second-order valence-corrected chi connectivity index (χ2v) is 16.2. The number of nitrogens with zero attached hydrogens (tertiary/aromatic N) is 3. The summed E-state index contributed by atoms with van der Waals surface area (Å²) in [7, 11) is 2.11. The molecule has 0 spiro atoms. The zero-order valence-corrected chi connectivity index (χ0v) is 31.9. The molecule has 2 aromatic heterocycles. The second kappa shape index (κ2) is 11.8. The lowest BCUT2D eigenvalue weighted by atomic mass is 9.79. The van der Waals surface area contributed by atoms with Crippen LogP contribution < -0.4 is 9.30 Å². The van der Waals surface area contributed by atoms with Gasteiger partial charge in [0, 0.05) is 33.7 Å². The fourth-order valence-corrected chi connectivity index (χ4v) is 9.34. The third-order valence-corrected chi connectivity index (χ3v) is 12.2. The zero-order valence-electron chi connectivity index (χ0n) is 31.9. The van der Waals surface area contributed by atoms with Crippen LogP contribution in [-0.2, 0) is 17.9 Å². The van der Waals surface area contributed by atoms with Crippen molar-refractivity contribution in [2.45, 2.75) is 51.9 Å². The van der Waals surface area contributed by atoms with Gasteiger partial charge in [-0.3, -0.25) is 4.57 Å². The molecule has 8 aromatic rings. The first kappa shape index (κ1) is 32.6. The Bertz CT molecular complexity index is 2820. The Balaban J connectivity index is 1.08. The van der Waals surface area contributed by atoms with Gasteiger partial charge in [0.05, 0.1) is 23.0 Å². The average Bonchev–Trinajstić information content (AvgIpc) is 3.76. The molecule has 0 amide bonds. The van der Waals surface area contributed by atoms with Crippen molar-refractivity contribution in [1.29, 1.82) is 0 Å². The van der Waals surface area contributed by atoms with Crippen molar-refractivity contribution in [2.24, 2.45) is 7.05 Å². The number of benzene rings is 6. The summed E-state index contributed by atoms with van der Waals surface area (Å²) < 4.78 is 11.0. The minimum absolute atomic E-state index is 0.172. The highest BCUT2D eigenvalue weighted by Gasteiger charge is 2.42. The average molecular weight is 703 g/mol. The van der Waals surface area contributed by atoms with Crippen LogP contribution in [0.1, 0.15) is 63.3 Å². The summed E-state index contributed by atoms with van der Waals surface area (Å²) in [6, 6.07) is 46.8. The van der Waals surface area contributed by atoms with Crippen molar-refractivity contribution in [1.82, 2.24) is 9.55 Å². The molecule has 0 bridgehead atoms. The summed E-state index contributed by atoms with van der Waals surface area (Å²) in [5.74, 6) is 1.93. The van der Waals surface area contributed by atoms with Gasteiger partial charge in [0.15, 0.2) is 11.9 Å². The van der Waals surface area contributed by atoms with E-state index < -0.39 is 0 Å². The van der Waals surface area contributed by atoms with Crippen LogP contribution in [0.15, 0.2) is 134 Å². The maximum absolute atomic E-state index is 6.53. The Morgan fingerprint density at radius 2 is 1.22 bits per heavy atom. The third-order valence-electron chi connectivity index (χ3n) is 12.2. The number of imidazole rings is 1. The van der Waals surface area contributed by atoms with E-state index in [0.717, 1.165) is 51.4 Å². The number of aryl methyl sites for hydroxylation is 1. The Kier molecular flexibility index (Phi) is 7.10. The summed E-state index contributed by atoms with van der Waals surface area (Å²) in [6.07, 6.45) is 3.06. The van der Waals surface area contributed by atoms with E-state index in [9.17, 15) is 0 Å². The van der Waals surface area contributed by atoms with Gasteiger partial charge in [0.25, 0.3) is 5.52 Å². The van der Waals surface area contributed by atoms with Gasteiger partial charge in [0.2, 0.25) is 0 Å². The summed E-state index contributed by atoms with van der Waals surface area (Å²) in [5, 5.41) is 1.18. The normalized spacial score (nSPS) is 14.6. The molecule has 0 N–H and O–H groups in total. The molecule has 2 aliphatic rings. The maximum atomic E-state index is 6.53. The number of hydrogen-bond acceptors (Lipinski definition) is 2. The van der Waals surface area contributed by atoms with Crippen molar-refractivity contribution in [2.75, 3.05) is 6.61 Å². The van der Waals surface area contributed by atoms with Crippen LogP contribution in [0.5, 0.6) is 5.75 Å². The molecule has 10 rings (SSSR count). The second-order valence-electron chi connectivity index (χ2n) is 16.2. The Morgan fingerprint density at radius 3 is 1.93 bits per heavy atom. The summed E-state index contributed by atoms with van der Waals surface area (Å²) in [5.41, 5.74) is 18.3. The molecule has 6 aromatic carbocycles. The highest BCUT2D eigenvalue weighted by Crippen LogP contribution is 2.57. The zero-order chi connectivity index (χ0) is 36.9. The van der Waals surface area contributed by atoms with Crippen LogP contribution in [0, 0.1) is 0 Å². The first-order chi connectivity index (χ1) is 26.2. The first-order valence-corrected chi connectivity index (χ1v) is 19.2. The van der Waals surface area contributed by atoms with Gasteiger partial charge in [-0.2, -0.15) is 4.57 Å². The molecule has 2 heterocycles. The molecule has 0 unspecified atom stereocenters. The van der Waals surface area contributed by atoms with Gasteiger partial charge in [0.1, 0.15) is 12.9 Å². The lowest BCUT2D eigenvalue weighted by Crippen LogP contribution is -2.28. The van der Waals surface area contributed by atoms with E-state index in [0.29, 0.717) is 6.61 Å². The Hall–Kier alpha value is -6.00. The van der Waals surface area contributed by atoms with Crippen molar-refractivity contribution in [3.05, 3.63) is 156 Å². The van der Waals surface area contributed by atoms with Gasteiger partial charge < -0.3 is 4.74 Å². The first-order valence-electron chi connectivity index (χ1n) is 19.2. The van der Waals surface area contributed by atoms with Crippen LogP contribution in [0.25, 0.3) is 72.4 Å². The van der Waals surface area contributed by atoms with Crippen LogP contribution >= 0.6 is 0 Å². The highest BCUT2D eigenvalue weighted by atomic mass is 16.5. The van der Waals surface area contributed by atoms with E-state index in [-0.39, 0.29) is 10.8 Å².